The number of aromatic nitrogens is 2. The van der Waals surface area contributed by atoms with E-state index in [1.54, 1.807) is 24.3 Å². The highest BCUT2D eigenvalue weighted by atomic mass is 32.1. The van der Waals surface area contributed by atoms with E-state index in [0.717, 1.165) is 71.1 Å². The van der Waals surface area contributed by atoms with Crippen molar-refractivity contribution in [3.8, 4) is 11.3 Å². The number of likely N-dealkylation sites (N-methyl/N-ethyl adjacent to an activating group) is 1. The Balaban J connectivity index is 0.000000294. The van der Waals surface area contributed by atoms with Gasteiger partial charge >= 0.3 is 17.7 Å². The van der Waals surface area contributed by atoms with Crippen molar-refractivity contribution in [2.75, 3.05) is 73.7 Å². The van der Waals surface area contributed by atoms with E-state index in [2.05, 4.69) is 52.5 Å². The number of rotatable bonds is 12. The number of allylic oxidation sites excluding steroid dienone is 1. The maximum atomic E-state index is 16.5. The molecule has 79 heavy (non-hydrogen) atoms. The van der Waals surface area contributed by atoms with Gasteiger partial charge in [0.1, 0.15) is 18.4 Å². The molecule has 0 radical (unpaired) electrons. The van der Waals surface area contributed by atoms with Gasteiger partial charge in [-0.2, -0.15) is 9.58 Å². The van der Waals surface area contributed by atoms with Gasteiger partial charge in [-0.15, -0.1) is 11.3 Å². The average molecular weight is 1110 g/mol. The minimum absolute atomic E-state index is 0.00499. The number of cyclic esters (lactones) is 1. The van der Waals surface area contributed by atoms with Crippen molar-refractivity contribution in [1.29, 1.82) is 0 Å². The molecule has 6 unspecified atom stereocenters. The number of fused-ring (bicyclic) bond motifs is 7. The topological polar surface area (TPSA) is 166 Å². The summed E-state index contributed by atoms with van der Waals surface area (Å²) in [4.78, 5) is 69.4. The molecule has 7 fully saturated rings. The van der Waals surface area contributed by atoms with Crippen LogP contribution in [0.4, 0.5) is 8.78 Å². The van der Waals surface area contributed by atoms with Gasteiger partial charge in [-0.25, -0.2) is 28.8 Å². The SMILES string of the molecule is C=C(C=N/C(=C/c1c2c3cc(c(F)cc3n1CC)-c1csc(n1)CC1/C(=[N+]3/CCCC(N3)C(=O)OCC(C)(C)C2)N1C(=O)CC1CCCC1)C(C)OC)N1CCOCC1.CNC(=O)C1(F)CCN(C(=O)C2C(C3CC3)N2C)CC1. The Kier molecular flexibility index (Phi) is 16.9. The molecule has 6 bridgehead atoms. The Morgan fingerprint density at radius 3 is 2.49 bits per heavy atom. The van der Waals surface area contributed by atoms with Gasteiger partial charge < -0.3 is 33.9 Å². The molecule has 17 nitrogen and oxygen atoms in total. The summed E-state index contributed by atoms with van der Waals surface area (Å²) in [6, 6.07) is 3.25. The normalized spacial score (nSPS) is 27.3. The number of aryl methyl sites for hydroxylation is 1. The number of hydrazone groups is 1. The number of methoxy groups -OCH3 is 1. The van der Waals surface area contributed by atoms with Crippen LogP contribution in [0.5, 0.6) is 0 Å². The van der Waals surface area contributed by atoms with Crippen molar-refractivity contribution in [2.45, 2.75) is 154 Å². The molecule has 5 saturated heterocycles. The summed E-state index contributed by atoms with van der Waals surface area (Å²) in [6.07, 6.45) is 13.7. The summed E-state index contributed by atoms with van der Waals surface area (Å²) in [5.74, 6) is 0.999. The predicted molar refractivity (Wildman–Crippen MR) is 301 cm³/mol. The van der Waals surface area contributed by atoms with E-state index >= 15 is 4.39 Å². The lowest BCUT2D eigenvalue weighted by atomic mass is 9.85. The van der Waals surface area contributed by atoms with Gasteiger partial charge in [0.15, 0.2) is 11.7 Å². The Morgan fingerprint density at radius 2 is 1.81 bits per heavy atom. The lowest BCUT2D eigenvalue weighted by Gasteiger charge is -2.35. The van der Waals surface area contributed by atoms with Gasteiger partial charge in [0.2, 0.25) is 11.9 Å². The molecule has 8 heterocycles. The van der Waals surface area contributed by atoms with Crippen LogP contribution in [0.1, 0.15) is 115 Å². The van der Waals surface area contributed by atoms with Crippen molar-refractivity contribution in [1.82, 2.24) is 39.9 Å². The van der Waals surface area contributed by atoms with Crippen molar-refractivity contribution in [3.05, 3.63) is 57.6 Å². The number of carbonyl (C=O) groups excluding carboxylic acids is 4. The number of thiazole rings is 1. The van der Waals surface area contributed by atoms with Crippen LogP contribution in [0.3, 0.4) is 0 Å². The number of halogens is 2. The first-order valence-corrected chi connectivity index (χ1v) is 29.7. The second-order valence-electron chi connectivity index (χ2n) is 23.8. The first-order valence-electron chi connectivity index (χ1n) is 28.8. The van der Waals surface area contributed by atoms with E-state index in [4.69, 9.17) is 24.2 Å². The zero-order valence-electron chi connectivity index (χ0n) is 47.3. The van der Waals surface area contributed by atoms with E-state index in [-0.39, 0.29) is 61.2 Å². The molecular weight excluding hydrogens is 1030 g/mol. The number of amides is 3. The number of piperidine rings is 1. The first kappa shape index (κ1) is 56.7. The van der Waals surface area contributed by atoms with E-state index < -0.39 is 23.0 Å². The monoisotopic (exact) mass is 1110 g/mol. The summed E-state index contributed by atoms with van der Waals surface area (Å²) < 4.78 is 52.5. The molecule has 6 aliphatic heterocycles. The number of hydrazine groups is 1. The molecule has 11 rings (SSSR count). The Morgan fingerprint density at radius 1 is 1.08 bits per heavy atom. The molecule has 3 amide bonds. The molecule has 2 N–H and O–H groups in total. The van der Waals surface area contributed by atoms with E-state index in [1.165, 1.54) is 44.1 Å². The molecule has 6 atom stereocenters. The maximum absolute atomic E-state index is 16.5. The lowest BCUT2D eigenvalue weighted by Crippen LogP contribution is -2.52. The third-order valence-corrected chi connectivity index (χ3v) is 18.5. The number of nitrogens with one attached hydrogen (secondary N) is 2. The molecule has 2 aliphatic carbocycles. The number of morpholine rings is 1. The highest BCUT2D eigenvalue weighted by molar-refractivity contribution is 7.10. The molecule has 8 aliphatic rings. The molecule has 3 aromatic rings. The van der Waals surface area contributed by atoms with E-state index in [0.29, 0.717) is 99.9 Å². The predicted octanol–water partition coefficient (Wildman–Crippen LogP) is 6.91. The fraction of sp³-hybridized carbons (Fsp3) is 0.644. The highest BCUT2D eigenvalue weighted by Crippen LogP contribution is 2.47. The van der Waals surface area contributed by atoms with E-state index in [9.17, 15) is 23.6 Å². The summed E-state index contributed by atoms with van der Waals surface area (Å²) in [6.45, 7) is 17.4. The number of ether oxygens (including phenoxy) is 3. The van der Waals surface area contributed by atoms with Gasteiger partial charge in [0.05, 0.1) is 60.7 Å². The molecule has 1 aromatic carbocycles. The number of alkyl halides is 1. The third kappa shape index (κ3) is 12.2. The molecule has 428 valence electrons. The Hall–Kier alpha value is -5.57. The minimum atomic E-state index is -1.81. The maximum Gasteiger partial charge on any atom is 0.332 e. The number of amidine groups is 1. The highest BCUT2D eigenvalue weighted by Gasteiger charge is 2.61. The number of aliphatic imine (C=N–C) groups is 1. The smallest absolute Gasteiger partial charge is 0.332 e. The standard InChI is InChI=1S/C45H59FN7O5S.C14H22FN3O2/c1-7-51-38-21-34(46)32-20-31(38)33(39(51)22-36(29(3)56-6)47-25-28(2)50-15-17-57-18-16-50)24-45(4,5)27-58-44(55)35-13-10-14-52(49-35)43-40(23-41-48-37(32)26-59-41)53(43)42(54)19-30-11-8-9-12-30;1-16-13(20)14(15)5-7-18(8-6-14)12(19)11-10(17(11)2)9-3-4-9/h20-22,25-26,29-30,35,40,49H,2,7-19,23-24,27H2,1,3-6H3;9-11H,3-8H2,1-2H3,(H,16,20)/q+1;/b36-22+,47-25?;. The van der Waals surface area contributed by atoms with Gasteiger partial charge in [-0.05, 0) is 101 Å². The third-order valence-electron chi connectivity index (χ3n) is 17.7. The second-order valence-corrected chi connectivity index (χ2v) is 24.8. The fourth-order valence-electron chi connectivity index (χ4n) is 12.7. The molecule has 0 spiro atoms. The van der Waals surface area contributed by atoms with Crippen molar-refractivity contribution < 1.29 is 46.9 Å². The second kappa shape index (κ2) is 23.5. The number of hydrogen-bond acceptors (Lipinski definition) is 13. The van der Waals surface area contributed by atoms with Crippen LogP contribution < -0.4 is 10.7 Å². The number of carbonyl (C=O) groups is 4. The Bertz CT molecular complexity index is 2910. The zero-order valence-corrected chi connectivity index (χ0v) is 48.1. The summed E-state index contributed by atoms with van der Waals surface area (Å²) in [5.41, 5.74) is 6.28. The van der Waals surface area contributed by atoms with Crippen molar-refractivity contribution in [3.63, 3.8) is 0 Å². The van der Waals surface area contributed by atoms with Crippen LogP contribution in [0, 0.1) is 23.1 Å². The van der Waals surface area contributed by atoms with Crippen LogP contribution in [0.25, 0.3) is 28.2 Å². The quantitative estimate of drug-likeness (QED) is 0.0839. The van der Waals surface area contributed by atoms with Crippen LogP contribution in [0.2, 0.25) is 0 Å². The van der Waals surface area contributed by atoms with Gasteiger partial charge in [0.25, 0.3) is 5.91 Å². The van der Waals surface area contributed by atoms with Crippen LogP contribution in [-0.4, -0.2) is 179 Å². The number of esters is 1. The fourth-order valence-corrected chi connectivity index (χ4v) is 13.5. The van der Waals surface area contributed by atoms with Gasteiger partial charge in [-0.1, -0.05) is 33.3 Å². The first-order chi connectivity index (χ1) is 37.9. The van der Waals surface area contributed by atoms with Crippen molar-refractivity contribution in [2.24, 2.45) is 22.2 Å². The zero-order chi connectivity index (χ0) is 55.9. The number of likely N-dealkylation sites (tertiary alicyclic amines) is 1. The molecule has 2 saturated carbocycles. The molecule has 2 aromatic heterocycles. The molecule has 20 heteroatoms. The Labute approximate surface area is 467 Å². The number of hydrogen-bond donors (Lipinski definition) is 2. The summed E-state index contributed by atoms with van der Waals surface area (Å²) >= 11 is 1.49. The van der Waals surface area contributed by atoms with Crippen LogP contribution in [0.15, 0.2) is 40.5 Å². The summed E-state index contributed by atoms with van der Waals surface area (Å²) in [7, 11) is 5.09. The lowest BCUT2D eigenvalue weighted by molar-refractivity contribution is -0.600. The largest absolute Gasteiger partial charge is 0.463 e. The number of benzene rings is 1. The van der Waals surface area contributed by atoms with E-state index in [1.807, 2.05) is 41.1 Å². The van der Waals surface area contributed by atoms with Crippen LogP contribution >= 0.6 is 11.3 Å². The number of nitrogens with zero attached hydrogens (tertiary/aromatic N) is 8. The van der Waals surface area contributed by atoms with Crippen molar-refractivity contribution >= 4 is 64.1 Å². The van der Waals surface area contributed by atoms with Crippen LogP contribution in [-0.2, 0) is 52.8 Å². The molecular formula is C59H81F2N10O7S+. The summed E-state index contributed by atoms with van der Waals surface area (Å²) in [5, 5.41) is 6.03. The van der Waals surface area contributed by atoms with Gasteiger partial charge in [-0.3, -0.25) is 19.5 Å². The average Bonchev–Trinajstić information content (AvgIpc) is 3.86. The van der Waals surface area contributed by atoms with Gasteiger partial charge in [0, 0.05) is 105 Å². The minimum Gasteiger partial charge on any atom is -0.463 e.